The van der Waals surface area contributed by atoms with Gasteiger partial charge in [0, 0.05) is 19.5 Å². The Kier molecular flexibility index (Phi) is 5.44. The molecule has 3 rings (SSSR count). The van der Waals surface area contributed by atoms with Crippen molar-refractivity contribution >= 4 is 16.0 Å². The highest BCUT2D eigenvalue weighted by Gasteiger charge is 2.40. The molecule has 0 bridgehead atoms. The highest BCUT2D eigenvalue weighted by atomic mass is 32.2. The molecule has 0 aromatic heterocycles. The number of benzene rings is 2. The van der Waals surface area contributed by atoms with E-state index in [9.17, 15) is 13.2 Å². The molecule has 1 aliphatic heterocycles. The molecule has 0 saturated carbocycles. The van der Waals surface area contributed by atoms with E-state index in [1.165, 1.54) is 6.92 Å². The van der Waals surface area contributed by atoms with Crippen LogP contribution >= 0.6 is 0 Å². The maximum atomic E-state index is 13.2. The topological polar surface area (TPSA) is 63.7 Å². The third-order valence-electron chi connectivity index (χ3n) is 4.72. The van der Waals surface area contributed by atoms with E-state index < -0.39 is 15.3 Å². The summed E-state index contributed by atoms with van der Waals surface area (Å²) in [5.74, 6) is 0.0774. The van der Waals surface area contributed by atoms with E-state index in [2.05, 4.69) is 0 Å². The molecule has 2 atom stereocenters. The van der Waals surface area contributed by atoms with Crippen LogP contribution in [0.2, 0.25) is 0 Å². The SMILES string of the molecule is CC(=O)Oc1ccc(CN2[C@@H](C)CCC(c3ccccc3)S2(=O)=O)cc1. The average molecular weight is 373 g/mol. The Morgan fingerprint density at radius 1 is 1.08 bits per heavy atom. The van der Waals surface area contributed by atoms with Crippen molar-refractivity contribution in [1.29, 1.82) is 0 Å². The Morgan fingerprint density at radius 3 is 2.35 bits per heavy atom. The van der Waals surface area contributed by atoms with Crippen LogP contribution in [-0.4, -0.2) is 24.7 Å². The van der Waals surface area contributed by atoms with Gasteiger partial charge >= 0.3 is 5.97 Å². The van der Waals surface area contributed by atoms with Crippen LogP contribution in [0.15, 0.2) is 54.6 Å². The summed E-state index contributed by atoms with van der Waals surface area (Å²) in [7, 11) is -3.45. The van der Waals surface area contributed by atoms with Crippen molar-refractivity contribution in [2.24, 2.45) is 0 Å². The number of ether oxygens (including phenoxy) is 1. The molecule has 26 heavy (non-hydrogen) atoms. The molecule has 6 heteroatoms. The minimum absolute atomic E-state index is 0.0480. The van der Waals surface area contributed by atoms with E-state index in [4.69, 9.17) is 4.74 Å². The number of esters is 1. The van der Waals surface area contributed by atoms with Gasteiger partial charge < -0.3 is 4.74 Å². The third kappa shape index (κ3) is 3.97. The first kappa shape index (κ1) is 18.6. The predicted octanol–water partition coefficient (Wildman–Crippen LogP) is 3.67. The number of sulfonamides is 1. The van der Waals surface area contributed by atoms with Crippen molar-refractivity contribution in [3.63, 3.8) is 0 Å². The van der Waals surface area contributed by atoms with Gasteiger partial charge in [0.15, 0.2) is 0 Å². The van der Waals surface area contributed by atoms with E-state index in [1.54, 1.807) is 28.6 Å². The number of carbonyl (C=O) groups excluding carboxylic acids is 1. The highest BCUT2D eigenvalue weighted by molar-refractivity contribution is 7.89. The molecule has 138 valence electrons. The molecule has 2 aromatic carbocycles. The minimum Gasteiger partial charge on any atom is -0.427 e. The van der Waals surface area contributed by atoms with Crippen LogP contribution in [0.25, 0.3) is 0 Å². The van der Waals surface area contributed by atoms with Crippen molar-refractivity contribution in [1.82, 2.24) is 4.31 Å². The van der Waals surface area contributed by atoms with Gasteiger partial charge in [-0.15, -0.1) is 0 Å². The Balaban J connectivity index is 1.82. The lowest BCUT2D eigenvalue weighted by molar-refractivity contribution is -0.131. The summed E-state index contributed by atoms with van der Waals surface area (Å²) in [6, 6.07) is 16.3. The van der Waals surface area contributed by atoms with Gasteiger partial charge in [-0.05, 0) is 43.0 Å². The fourth-order valence-electron chi connectivity index (χ4n) is 3.36. The fraction of sp³-hybridized carbons (Fsp3) is 0.350. The molecule has 0 spiro atoms. The van der Waals surface area contributed by atoms with Gasteiger partial charge in [0.1, 0.15) is 11.0 Å². The van der Waals surface area contributed by atoms with Gasteiger partial charge in [0.2, 0.25) is 10.0 Å². The number of nitrogens with zero attached hydrogens (tertiary/aromatic N) is 1. The second-order valence-corrected chi connectivity index (χ2v) is 8.72. The van der Waals surface area contributed by atoms with Crippen LogP contribution in [0.1, 0.15) is 43.1 Å². The molecular weight excluding hydrogens is 350 g/mol. The van der Waals surface area contributed by atoms with Crippen LogP contribution in [0, 0.1) is 0 Å². The van der Waals surface area contributed by atoms with Crippen LogP contribution in [0.5, 0.6) is 5.75 Å². The summed E-state index contributed by atoms with van der Waals surface area (Å²) in [5.41, 5.74) is 1.71. The summed E-state index contributed by atoms with van der Waals surface area (Å²) in [6.07, 6.45) is 1.46. The molecule has 2 aromatic rings. The van der Waals surface area contributed by atoms with Crippen molar-refractivity contribution in [3.05, 3.63) is 65.7 Å². The van der Waals surface area contributed by atoms with Gasteiger partial charge in [-0.25, -0.2) is 8.42 Å². The number of carbonyl (C=O) groups is 1. The van der Waals surface area contributed by atoms with Gasteiger partial charge in [-0.2, -0.15) is 4.31 Å². The Hall–Kier alpha value is -2.18. The molecule has 1 unspecified atom stereocenters. The second kappa shape index (κ2) is 7.60. The van der Waals surface area contributed by atoms with Crippen molar-refractivity contribution < 1.29 is 17.9 Å². The minimum atomic E-state index is -3.45. The van der Waals surface area contributed by atoms with Gasteiger partial charge in [-0.3, -0.25) is 4.79 Å². The Morgan fingerprint density at radius 2 is 1.73 bits per heavy atom. The number of hydrogen-bond acceptors (Lipinski definition) is 4. The Bertz CT molecular complexity index is 862. The van der Waals surface area contributed by atoms with Crippen molar-refractivity contribution in [2.75, 3.05) is 0 Å². The number of rotatable bonds is 4. The lowest BCUT2D eigenvalue weighted by Crippen LogP contribution is -2.44. The Labute approximate surface area is 154 Å². The highest BCUT2D eigenvalue weighted by Crippen LogP contribution is 2.38. The monoisotopic (exact) mass is 373 g/mol. The molecule has 0 N–H and O–H groups in total. The molecule has 0 radical (unpaired) electrons. The van der Waals surface area contributed by atoms with Crippen LogP contribution in [0.4, 0.5) is 0 Å². The van der Waals surface area contributed by atoms with E-state index in [0.29, 0.717) is 18.7 Å². The third-order valence-corrected chi connectivity index (χ3v) is 7.09. The molecule has 0 aliphatic carbocycles. The van der Waals surface area contributed by atoms with E-state index in [0.717, 1.165) is 17.5 Å². The van der Waals surface area contributed by atoms with E-state index >= 15 is 0 Å². The second-order valence-electron chi connectivity index (χ2n) is 6.65. The normalized spacial score (nSPS) is 22.7. The first-order valence-corrected chi connectivity index (χ1v) is 10.2. The molecule has 1 heterocycles. The molecule has 1 fully saturated rings. The average Bonchev–Trinajstić information content (AvgIpc) is 2.60. The largest absolute Gasteiger partial charge is 0.427 e. The van der Waals surface area contributed by atoms with Crippen LogP contribution < -0.4 is 4.74 Å². The maximum Gasteiger partial charge on any atom is 0.308 e. The number of hydrogen-bond donors (Lipinski definition) is 0. The molecule has 1 saturated heterocycles. The molecule has 0 amide bonds. The smallest absolute Gasteiger partial charge is 0.308 e. The van der Waals surface area contributed by atoms with Crippen molar-refractivity contribution in [3.8, 4) is 5.75 Å². The van der Waals surface area contributed by atoms with Crippen LogP contribution in [-0.2, 0) is 21.4 Å². The zero-order chi connectivity index (χ0) is 18.7. The quantitative estimate of drug-likeness (QED) is 0.606. The zero-order valence-electron chi connectivity index (χ0n) is 15.0. The van der Waals surface area contributed by atoms with Gasteiger partial charge in [0.25, 0.3) is 0 Å². The first-order chi connectivity index (χ1) is 12.4. The molecule has 5 nitrogen and oxygen atoms in total. The first-order valence-electron chi connectivity index (χ1n) is 8.71. The lowest BCUT2D eigenvalue weighted by atomic mass is 10.0. The van der Waals surface area contributed by atoms with E-state index in [-0.39, 0.29) is 12.0 Å². The van der Waals surface area contributed by atoms with Crippen molar-refractivity contribution in [2.45, 2.75) is 44.5 Å². The van der Waals surface area contributed by atoms with E-state index in [1.807, 2.05) is 37.3 Å². The standard InChI is InChI=1S/C20H23NO4S/c1-15-8-13-20(18-6-4-3-5-7-18)26(23,24)21(15)14-17-9-11-19(12-10-17)25-16(2)22/h3-7,9-12,15,20H,8,13-14H2,1-2H3/t15-,20?/m0/s1. The molecule has 1 aliphatic rings. The van der Waals surface area contributed by atoms with Gasteiger partial charge in [-0.1, -0.05) is 42.5 Å². The molecular formula is C20H23NO4S. The van der Waals surface area contributed by atoms with Gasteiger partial charge in [0.05, 0.1) is 0 Å². The maximum absolute atomic E-state index is 13.2. The predicted molar refractivity (Wildman–Crippen MR) is 100 cm³/mol. The summed E-state index contributed by atoms with van der Waals surface area (Å²) in [4.78, 5) is 11.0. The van der Waals surface area contributed by atoms with Crippen LogP contribution in [0.3, 0.4) is 0 Å². The zero-order valence-corrected chi connectivity index (χ0v) is 15.8. The summed E-state index contributed by atoms with van der Waals surface area (Å²) < 4.78 is 33.0. The lowest BCUT2D eigenvalue weighted by Gasteiger charge is -2.37. The fourth-order valence-corrected chi connectivity index (χ4v) is 5.56. The summed E-state index contributed by atoms with van der Waals surface area (Å²) >= 11 is 0. The summed E-state index contributed by atoms with van der Waals surface area (Å²) in [6.45, 7) is 3.61. The summed E-state index contributed by atoms with van der Waals surface area (Å²) in [5, 5.41) is -0.500.